The summed E-state index contributed by atoms with van der Waals surface area (Å²) >= 11 is 12.1. The fourth-order valence-corrected chi connectivity index (χ4v) is 2.52. The number of anilines is 1. The number of amides is 1. The van der Waals surface area contributed by atoms with Crippen LogP contribution in [-0.4, -0.2) is 19.1 Å². The number of methoxy groups -OCH3 is 1. The van der Waals surface area contributed by atoms with Gasteiger partial charge in [0.2, 0.25) is 0 Å². The van der Waals surface area contributed by atoms with E-state index in [4.69, 9.17) is 32.7 Å². The Labute approximate surface area is 151 Å². The third kappa shape index (κ3) is 4.56. The molecule has 0 aliphatic carbocycles. The lowest BCUT2D eigenvalue weighted by Crippen LogP contribution is -2.32. The molecule has 1 N–H and O–H groups in total. The number of hydrogen-bond acceptors (Lipinski definition) is 3. The fourth-order valence-electron chi connectivity index (χ4n) is 2.14. The molecule has 4 nitrogen and oxygen atoms in total. The van der Waals surface area contributed by atoms with E-state index >= 15 is 0 Å². The average molecular weight is 368 g/mol. The molecule has 2 aromatic carbocycles. The van der Waals surface area contributed by atoms with Crippen LogP contribution in [0.2, 0.25) is 10.0 Å². The van der Waals surface area contributed by atoms with E-state index in [9.17, 15) is 4.79 Å². The van der Waals surface area contributed by atoms with Crippen LogP contribution in [0.4, 0.5) is 5.69 Å². The summed E-state index contributed by atoms with van der Waals surface area (Å²) in [6.07, 6.45) is -0.0938. The summed E-state index contributed by atoms with van der Waals surface area (Å²) in [7, 11) is 1.54. The molecule has 0 aliphatic rings. The topological polar surface area (TPSA) is 47.6 Å². The summed E-state index contributed by atoms with van der Waals surface area (Å²) in [6, 6.07) is 10.4. The Hall–Kier alpha value is -1.91. The van der Waals surface area contributed by atoms with Gasteiger partial charge in [-0.05, 0) is 55.3 Å². The zero-order valence-corrected chi connectivity index (χ0v) is 15.2. The van der Waals surface area contributed by atoms with Crippen LogP contribution in [0, 0.1) is 6.92 Å². The standard InChI is InChI=1S/C18H19Cl2NO3/c1-4-16(24-13-6-7-14(19)11(2)9-13)18(22)21-12-5-8-17(23-3)15(20)10-12/h5-10,16H,4H2,1-3H3,(H,21,22)/t16-/m0/s1. The number of halogens is 2. The van der Waals surface area contributed by atoms with Gasteiger partial charge in [-0.15, -0.1) is 0 Å². The molecule has 128 valence electrons. The molecule has 24 heavy (non-hydrogen) atoms. The minimum Gasteiger partial charge on any atom is -0.495 e. The highest BCUT2D eigenvalue weighted by Crippen LogP contribution is 2.27. The van der Waals surface area contributed by atoms with Crippen LogP contribution in [0.15, 0.2) is 36.4 Å². The highest BCUT2D eigenvalue weighted by molar-refractivity contribution is 6.32. The summed E-state index contributed by atoms with van der Waals surface area (Å²) in [6.45, 7) is 3.77. The van der Waals surface area contributed by atoms with Crippen LogP contribution in [0.3, 0.4) is 0 Å². The Morgan fingerprint density at radius 2 is 1.92 bits per heavy atom. The molecule has 6 heteroatoms. The summed E-state index contributed by atoms with van der Waals surface area (Å²) in [5.41, 5.74) is 1.48. The molecular formula is C18H19Cl2NO3. The highest BCUT2D eigenvalue weighted by Gasteiger charge is 2.19. The molecule has 1 atom stereocenters. The van der Waals surface area contributed by atoms with Crippen molar-refractivity contribution in [2.45, 2.75) is 26.4 Å². The smallest absolute Gasteiger partial charge is 0.265 e. The Balaban J connectivity index is 2.08. The SMILES string of the molecule is CC[C@H](Oc1ccc(Cl)c(C)c1)C(=O)Nc1ccc(OC)c(Cl)c1. The lowest BCUT2D eigenvalue weighted by molar-refractivity contribution is -0.122. The summed E-state index contributed by atoms with van der Waals surface area (Å²) < 4.78 is 10.9. The monoisotopic (exact) mass is 367 g/mol. The van der Waals surface area contributed by atoms with E-state index < -0.39 is 6.10 Å². The van der Waals surface area contributed by atoms with E-state index in [0.29, 0.717) is 33.7 Å². The zero-order valence-electron chi connectivity index (χ0n) is 13.7. The van der Waals surface area contributed by atoms with Crippen LogP contribution >= 0.6 is 23.2 Å². The number of benzene rings is 2. The maximum absolute atomic E-state index is 12.4. The second-order valence-electron chi connectivity index (χ2n) is 5.26. The van der Waals surface area contributed by atoms with Crippen molar-refractivity contribution in [2.24, 2.45) is 0 Å². The molecule has 2 rings (SSSR count). The van der Waals surface area contributed by atoms with Crippen molar-refractivity contribution in [1.29, 1.82) is 0 Å². The predicted octanol–water partition coefficient (Wildman–Crippen LogP) is 5.11. The van der Waals surface area contributed by atoms with Gasteiger partial charge >= 0.3 is 0 Å². The van der Waals surface area contributed by atoms with Gasteiger partial charge in [0.15, 0.2) is 6.10 Å². The van der Waals surface area contributed by atoms with Gasteiger partial charge in [0.1, 0.15) is 11.5 Å². The Morgan fingerprint density at radius 3 is 2.50 bits per heavy atom. The van der Waals surface area contributed by atoms with Crippen LogP contribution in [0.1, 0.15) is 18.9 Å². The number of rotatable bonds is 6. The van der Waals surface area contributed by atoms with Crippen molar-refractivity contribution in [3.63, 3.8) is 0 Å². The molecule has 0 spiro atoms. The second kappa shape index (κ2) is 8.27. The first-order valence-electron chi connectivity index (χ1n) is 7.51. The zero-order chi connectivity index (χ0) is 17.7. The Kier molecular flexibility index (Phi) is 6.35. The van der Waals surface area contributed by atoms with Crippen LogP contribution < -0.4 is 14.8 Å². The molecule has 0 bridgehead atoms. The van der Waals surface area contributed by atoms with Crippen molar-refractivity contribution >= 4 is 34.8 Å². The summed E-state index contributed by atoms with van der Waals surface area (Å²) in [5.74, 6) is 0.910. The molecule has 0 saturated heterocycles. The quantitative estimate of drug-likeness (QED) is 0.771. The number of hydrogen-bond donors (Lipinski definition) is 1. The van der Waals surface area contributed by atoms with Gasteiger partial charge in [-0.25, -0.2) is 0 Å². The fraction of sp³-hybridized carbons (Fsp3) is 0.278. The Morgan fingerprint density at radius 1 is 1.17 bits per heavy atom. The Bertz CT molecular complexity index is 734. The molecule has 2 aromatic rings. The van der Waals surface area contributed by atoms with Crippen molar-refractivity contribution in [3.8, 4) is 11.5 Å². The number of carbonyl (C=O) groups excluding carboxylic acids is 1. The van der Waals surface area contributed by atoms with Crippen molar-refractivity contribution in [1.82, 2.24) is 0 Å². The van der Waals surface area contributed by atoms with Gasteiger partial charge in [0, 0.05) is 10.7 Å². The molecule has 0 heterocycles. The van der Waals surface area contributed by atoms with E-state index in [2.05, 4.69) is 5.32 Å². The van der Waals surface area contributed by atoms with Crippen molar-refractivity contribution in [3.05, 3.63) is 52.0 Å². The van der Waals surface area contributed by atoms with Gasteiger partial charge in [-0.2, -0.15) is 0 Å². The van der Waals surface area contributed by atoms with Crippen LogP contribution in [0.25, 0.3) is 0 Å². The number of aryl methyl sites for hydroxylation is 1. The second-order valence-corrected chi connectivity index (χ2v) is 6.08. The van der Waals surface area contributed by atoms with Crippen molar-refractivity contribution < 1.29 is 14.3 Å². The van der Waals surface area contributed by atoms with E-state index in [1.807, 2.05) is 19.9 Å². The number of nitrogens with one attached hydrogen (secondary N) is 1. The van der Waals surface area contributed by atoms with E-state index in [-0.39, 0.29) is 5.91 Å². The minimum absolute atomic E-state index is 0.244. The first-order valence-corrected chi connectivity index (χ1v) is 8.27. The molecule has 0 saturated carbocycles. The first kappa shape index (κ1) is 18.4. The van der Waals surface area contributed by atoms with E-state index in [0.717, 1.165) is 5.56 Å². The maximum atomic E-state index is 12.4. The molecular weight excluding hydrogens is 349 g/mol. The number of ether oxygens (including phenoxy) is 2. The normalized spacial score (nSPS) is 11.7. The minimum atomic E-state index is -0.619. The largest absolute Gasteiger partial charge is 0.495 e. The van der Waals surface area contributed by atoms with E-state index in [1.165, 1.54) is 7.11 Å². The predicted molar refractivity (Wildman–Crippen MR) is 97.5 cm³/mol. The van der Waals surface area contributed by atoms with Gasteiger partial charge in [-0.3, -0.25) is 4.79 Å². The highest BCUT2D eigenvalue weighted by atomic mass is 35.5. The third-order valence-electron chi connectivity index (χ3n) is 3.49. The molecule has 1 amide bonds. The van der Waals surface area contributed by atoms with Crippen molar-refractivity contribution in [2.75, 3.05) is 12.4 Å². The molecule has 0 fully saturated rings. The van der Waals surface area contributed by atoms with Crippen LogP contribution in [-0.2, 0) is 4.79 Å². The average Bonchev–Trinajstić information content (AvgIpc) is 2.56. The molecule has 0 aromatic heterocycles. The first-order chi connectivity index (χ1) is 11.4. The third-order valence-corrected chi connectivity index (χ3v) is 4.21. The van der Waals surface area contributed by atoms with Gasteiger partial charge < -0.3 is 14.8 Å². The number of carbonyl (C=O) groups is 1. The summed E-state index contributed by atoms with van der Waals surface area (Å²) in [4.78, 5) is 12.4. The molecule has 0 unspecified atom stereocenters. The van der Waals surface area contributed by atoms with Gasteiger partial charge in [-0.1, -0.05) is 30.1 Å². The van der Waals surface area contributed by atoms with E-state index in [1.54, 1.807) is 30.3 Å². The molecule has 0 aliphatic heterocycles. The van der Waals surface area contributed by atoms with Gasteiger partial charge in [0.25, 0.3) is 5.91 Å². The lowest BCUT2D eigenvalue weighted by atomic mass is 10.2. The van der Waals surface area contributed by atoms with Gasteiger partial charge in [0.05, 0.1) is 12.1 Å². The summed E-state index contributed by atoms with van der Waals surface area (Å²) in [5, 5.41) is 3.89. The molecule has 0 radical (unpaired) electrons. The maximum Gasteiger partial charge on any atom is 0.265 e. The lowest BCUT2D eigenvalue weighted by Gasteiger charge is -2.18. The van der Waals surface area contributed by atoms with Crippen LogP contribution in [0.5, 0.6) is 11.5 Å².